The van der Waals surface area contributed by atoms with Gasteiger partial charge in [-0.3, -0.25) is 0 Å². The predicted octanol–water partition coefficient (Wildman–Crippen LogP) is 6.50. The fourth-order valence-electron chi connectivity index (χ4n) is 3.75. The first-order chi connectivity index (χ1) is 12.3. The number of quaternary nitrogens is 1. The lowest BCUT2D eigenvalue weighted by atomic mass is 10.1. The highest BCUT2D eigenvalue weighted by Gasteiger charge is 2.23. The van der Waals surface area contributed by atoms with Crippen LogP contribution in [0.15, 0.2) is 12.2 Å². The summed E-state index contributed by atoms with van der Waals surface area (Å²) in [5, 5.41) is 0. The van der Waals surface area contributed by atoms with Crippen molar-refractivity contribution < 1.29 is 9.22 Å². The maximum Gasteiger partial charge on any atom is 0.102 e. The van der Waals surface area contributed by atoms with E-state index in [1.165, 1.54) is 114 Å². The van der Waals surface area contributed by atoms with E-state index in [0.717, 1.165) is 13.2 Å². The molecule has 2 heteroatoms. The third-order valence-corrected chi connectivity index (χ3v) is 5.76. The molecule has 2 nitrogen and oxygen atoms in total. The molecule has 1 fully saturated rings. The van der Waals surface area contributed by atoms with Gasteiger partial charge in [-0.15, -0.1) is 0 Å². The van der Waals surface area contributed by atoms with E-state index in [9.17, 15) is 0 Å². The van der Waals surface area contributed by atoms with Crippen molar-refractivity contribution in [3.63, 3.8) is 0 Å². The van der Waals surface area contributed by atoms with Crippen molar-refractivity contribution >= 4 is 0 Å². The van der Waals surface area contributed by atoms with Gasteiger partial charge in [0.15, 0.2) is 0 Å². The van der Waals surface area contributed by atoms with E-state index in [2.05, 4.69) is 26.1 Å². The minimum absolute atomic E-state index is 0.961. The van der Waals surface area contributed by atoms with Crippen LogP contribution in [0.25, 0.3) is 0 Å². The Morgan fingerprint density at radius 3 is 1.72 bits per heavy atom. The Balaban J connectivity index is 1.77. The number of likely N-dealkylation sites (N-methyl/N-ethyl adjacent to an activating group) is 1. The molecule has 1 saturated heterocycles. The Hall–Kier alpha value is -0.340. The number of morpholine rings is 1. The van der Waals surface area contributed by atoms with Gasteiger partial charge in [0.2, 0.25) is 0 Å². The van der Waals surface area contributed by atoms with Crippen LogP contribution < -0.4 is 0 Å². The summed E-state index contributed by atoms with van der Waals surface area (Å²) < 4.78 is 6.72. The van der Waals surface area contributed by atoms with Crippen molar-refractivity contribution in [1.29, 1.82) is 0 Å². The Kier molecular flexibility index (Phi) is 14.4. The van der Waals surface area contributed by atoms with E-state index in [-0.39, 0.29) is 0 Å². The number of rotatable bonds is 16. The second kappa shape index (κ2) is 15.9. The topological polar surface area (TPSA) is 9.23 Å². The SMILES string of the molecule is CCCCCCCCC=CCCCCCCCC[N+]1(C)CCOCC1. The van der Waals surface area contributed by atoms with E-state index in [0.29, 0.717) is 0 Å². The lowest BCUT2D eigenvalue weighted by molar-refractivity contribution is -0.917. The lowest BCUT2D eigenvalue weighted by Gasteiger charge is -2.37. The summed E-state index contributed by atoms with van der Waals surface area (Å²) >= 11 is 0. The molecule has 1 rings (SSSR count). The molecule has 0 atom stereocenters. The van der Waals surface area contributed by atoms with E-state index >= 15 is 0 Å². The number of unbranched alkanes of at least 4 members (excludes halogenated alkanes) is 12. The van der Waals surface area contributed by atoms with Crippen molar-refractivity contribution in [3.8, 4) is 0 Å². The Morgan fingerprint density at radius 1 is 0.680 bits per heavy atom. The number of hydrogen-bond acceptors (Lipinski definition) is 1. The van der Waals surface area contributed by atoms with Crippen LogP contribution in [-0.2, 0) is 4.74 Å². The smallest absolute Gasteiger partial charge is 0.102 e. The summed E-state index contributed by atoms with van der Waals surface area (Å²) in [6.07, 6.45) is 24.4. The van der Waals surface area contributed by atoms with Crippen LogP contribution in [0.2, 0.25) is 0 Å². The first-order valence-electron chi connectivity index (χ1n) is 11.3. The summed E-state index contributed by atoms with van der Waals surface area (Å²) in [6, 6.07) is 0. The molecule has 0 bridgehead atoms. The molecular formula is C23H46NO+. The van der Waals surface area contributed by atoms with Crippen molar-refractivity contribution in [1.82, 2.24) is 0 Å². The van der Waals surface area contributed by atoms with Gasteiger partial charge in [-0.1, -0.05) is 70.4 Å². The van der Waals surface area contributed by atoms with Crippen molar-refractivity contribution in [2.75, 3.05) is 39.9 Å². The van der Waals surface area contributed by atoms with Gasteiger partial charge in [0.25, 0.3) is 0 Å². The zero-order valence-corrected chi connectivity index (χ0v) is 17.4. The third-order valence-electron chi connectivity index (χ3n) is 5.76. The largest absolute Gasteiger partial charge is 0.370 e. The molecule has 0 saturated carbocycles. The van der Waals surface area contributed by atoms with Crippen LogP contribution in [0.3, 0.4) is 0 Å². The van der Waals surface area contributed by atoms with Gasteiger partial charge in [-0.2, -0.15) is 0 Å². The molecule has 0 aliphatic carbocycles. The molecule has 148 valence electrons. The fourth-order valence-corrected chi connectivity index (χ4v) is 3.75. The molecule has 0 aromatic carbocycles. The highest BCUT2D eigenvalue weighted by molar-refractivity contribution is 4.81. The minimum atomic E-state index is 0.961. The first-order valence-corrected chi connectivity index (χ1v) is 11.3. The molecule has 0 spiro atoms. The molecule has 0 aromatic rings. The van der Waals surface area contributed by atoms with Gasteiger partial charge in [0.1, 0.15) is 13.1 Å². The molecule has 25 heavy (non-hydrogen) atoms. The molecule has 0 unspecified atom stereocenters. The van der Waals surface area contributed by atoms with Crippen molar-refractivity contribution in [2.24, 2.45) is 0 Å². The van der Waals surface area contributed by atoms with Gasteiger partial charge < -0.3 is 9.22 Å². The Morgan fingerprint density at radius 2 is 1.16 bits per heavy atom. The van der Waals surface area contributed by atoms with Gasteiger partial charge in [-0.25, -0.2) is 0 Å². The molecule has 0 aromatic heterocycles. The van der Waals surface area contributed by atoms with Crippen LogP contribution in [0, 0.1) is 0 Å². The van der Waals surface area contributed by atoms with E-state index in [4.69, 9.17) is 4.74 Å². The van der Waals surface area contributed by atoms with Gasteiger partial charge in [-0.05, 0) is 38.5 Å². The van der Waals surface area contributed by atoms with Crippen LogP contribution in [0.1, 0.15) is 96.8 Å². The molecule has 1 heterocycles. The number of nitrogens with zero attached hydrogens (tertiary/aromatic N) is 1. The predicted molar refractivity (Wildman–Crippen MR) is 111 cm³/mol. The van der Waals surface area contributed by atoms with Crippen LogP contribution in [-0.4, -0.2) is 44.4 Å². The zero-order chi connectivity index (χ0) is 18.1. The van der Waals surface area contributed by atoms with Gasteiger partial charge in [0.05, 0.1) is 26.8 Å². The Labute approximate surface area is 158 Å². The molecule has 1 aliphatic heterocycles. The normalized spacial score (nSPS) is 17.4. The molecule has 0 N–H and O–H groups in total. The summed E-state index contributed by atoms with van der Waals surface area (Å²) in [4.78, 5) is 0. The first kappa shape index (κ1) is 22.7. The van der Waals surface area contributed by atoms with Crippen molar-refractivity contribution in [2.45, 2.75) is 96.8 Å². The summed E-state index contributed by atoms with van der Waals surface area (Å²) in [7, 11) is 2.40. The average Bonchev–Trinajstić information content (AvgIpc) is 2.62. The lowest BCUT2D eigenvalue weighted by Crippen LogP contribution is -2.52. The standard InChI is InChI=1S/C23H46NO/c1-3-4-5-6-7-8-9-10-11-12-13-14-15-16-17-18-19-24(2)20-22-25-23-21-24/h10-11H,3-9,12-23H2,1-2H3/q+1. The summed E-state index contributed by atoms with van der Waals surface area (Å²) in [5.74, 6) is 0. The molecular weight excluding hydrogens is 306 g/mol. The van der Waals surface area contributed by atoms with Crippen LogP contribution >= 0.6 is 0 Å². The van der Waals surface area contributed by atoms with Gasteiger partial charge in [0, 0.05) is 0 Å². The minimum Gasteiger partial charge on any atom is -0.370 e. The monoisotopic (exact) mass is 352 g/mol. The second-order valence-electron chi connectivity index (χ2n) is 8.34. The van der Waals surface area contributed by atoms with Crippen LogP contribution in [0.5, 0.6) is 0 Å². The molecule has 0 radical (unpaired) electrons. The number of allylic oxidation sites excluding steroid dienone is 2. The second-order valence-corrected chi connectivity index (χ2v) is 8.34. The average molecular weight is 353 g/mol. The van der Waals surface area contributed by atoms with Crippen LogP contribution in [0.4, 0.5) is 0 Å². The summed E-state index contributed by atoms with van der Waals surface area (Å²) in [5.41, 5.74) is 0. The highest BCUT2D eigenvalue weighted by Crippen LogP contribution is 2.13. The Bertz CT molecular complexity index is 307. The number of ether oxygens (including phenoxy) is 1. The van der Waals surface area contributed by atoms with E-state index < -0.39 is 0 Å². The molecule has 0 amide bonds. The summed E-state index contributed by atoms with van der Waals surface area (Å²) in [6.45, 7) is 7.99. The van der Waals surface area contributed by atoms with E-state index in [1.54, 1.807) is 0 Å². The molecule has 1 aliphatic rings. The fraction of sp³-hybridized carbons (Fsp3) is 0.913. The van der Waals surface area contributed by atoms with Crippen molar-refractivity contribution in [3.05, 3.63) is 12.2 Å². The van der Waals surface area contributed by atoms with E-state index in [1.807, 2.05) is 0 Å². The highest BCUT2D eigenvalue weighted by atomic mass is 16.5. The zero-order valence-electron chi connectivity index (χ0n) is 17.4. The quantitative estimate of drug-likeness (QED) is 0.175. The maximum atomic E-state index is 5.48. The number of hydrogen-bond donors (Lipinski definition) is 0. The van der Waals surface area contributed by atoms with Gasteiger partial charge >= 0.3 is 0 Å². The third kappa shape index (κ3) is 13.5. The maximum absolute atomic E-state index is 5.48.